The lowest BCUT2D eigenvalue weighted by molar-refractivity contribution is -0.677. The minimum Gasteiger partial charge on any atom is -0.457 e. The number of nitriles is 2. The van der Waals surface area contributed by atoms with Crippen LogP contribution in [0.5, 0.6) is 11.5 Å². The fourth-order valence-corrected chi connectivity index (χ4v) is 4.85. The van der Waals surface area contributed by atoms with E-state index in [4.69, 9.17) is 19.9 Å². The Balaban J connectivity index is 1.57. The van der Waals surface area contributed by atoms with Gasteiger partial charge >= 0.3 is 5.91 Å². The number of benzene rings is 2. The summed E-state index contributed by atoms with van der Waals surface area (Å²) in [5.74, 6) is -0.416. The van der Waals surface area contributed by atoms with E-state index in [1.54, 1.807) is 0 Å². The third-order valence-corrected chi connectivity index (χ3v) is 6.06. The molecule has 1 aliphatic carbocycles. The van der Waals surface area contributed by atoms with Crippen LogP contribution < -0.4 is 15.5 Å². The topological polar surface area (TPSA) is 115 Å². The van der Waals surface area contributed by atoms with Crippen LogP contribution in [0.25, 0.3) is 0 Å². The number of nitrogens with zero attached hydrogens (tertiary/aromatic N) is 2. The first-order chi connectivity index (χ1) is 14.0. The second-order valence-corrected chi connectivity index (χ2v) is 7.65. The minimum absolute atomic E-state index is 0.204. The van der Waals surface area contributed by atoms with Crippen molar-refractivity contribution >= 4 is 5.84 Å². The molecule has 144 valence electrons. The lowest BCUT2D eigenvalue weighted by Crippen LogP contribution is -2.90. The van der Waals surface area contributed by atoms with E-state index < -0.39 is 22.7 Å². The van der Waals surface area contributed by atoms with Gasteiger partial charge < -0.3 is 14.2 Å². The van der Waals surface area contributed by atoms with E-state index in [2.05, 4.69) is 17.1 Å². The number of fused-ring (bicyclic) bond motifs is 2. The van der Waals surface area contributed by atoms with Gasteiger partial charge in [0.25, 0.3) is 5.84 Å². The van der Waals surface area contributed by atoms with Crippen LogP contribution in [-0.2, 0) is 9.47 Å². The van der Waals surface area contributed by atoms with Crippen molar-refractivity contribution in [2.24, 2.45) is 16.6 Å². The number of ether oxygens (including phenoxy) is 3. The van der Waals surface area contributed by atoms with Gasteiger partial charge in [-0.25, -0.2) is 4.99 Å². The van der Waals surface area contributed by atoms with Gasteiger partial charge in [-0.05, 0) is 36.8 Å². The van der Waals surface area contributed by atoms with Crippen LogP contribution in [0.2, 0.25) is 0 Å². The molecule has 0 aromatic heterocycles. The van der Waals surface area contributed by atoms with Crippen molar-refractivity contribution in [3.63, 3.8) is 0 Å². The van der Waals surface area contributed by atoms with Gasteiger partial charge in [-0.15, -0.1) is 0 Å². The molecule has 2 heterocycles. The van der Waals surface area contributed by atoms with E-state index in [0.717, 1.165) is 5.56 Å². The van der Waals surface area contributed by atoms with Crippen LogP contribution in [0.15, 0.2) is 54.6 Å². The van der Waals surface area contributed by atoms with Gasteiger partial charge in [0.15, 0.2) is 10.8 Å². The summed E-state index contributed by atoms with van der Waals surface area (Å²) in [4.78, 5) is 2.97. The Morgan fingerprint density at radius 1 is 1.10 bits per heavy atom. The average molecular weight is 387 g/mol. The number of hydrogen-bond acceptors (Lipinski definition) is 6. The Kier molecular flexibility index (Phi) is 3.54. The number of amidine groups is 1. The van der Waals surface area contributed by atoms with E-state index in [1.165, 1.54) is 0 Å². The van der Waals surface area contributed by atoms with Crippen molar-refractivity contribution in [3.8, 4) is 23.6 Å². The summed E-state index contributed by atoms with van der Waals surface area (Å²) >= 11 is 0. The standard InChI is InChI=1S/C22H18N4O3/c1-14-11-27-22(29-14)21(13-24)18(20(21,12-23)19(25)26-22)15-6-5-9-17(10-15)28-16-7-3-2-4-8-16/h2-10,14,18H,11H2,1H3,(H2,25,26)/p+1/t14-,18+,20+,21+,22+/m0/s1. The molecule has 1 saturated carbocycles. The molecule has 0 unspecified atom stereocenters. The lowest BCUT2D eigenvalue weighted by atomic mass is 9.94. The quantitative estimate of drug-likeness (QED) is 0.816. The van der Waals surface area contributed by atoms with Crippen molar-refractivity contribution in [1.82, 2.24) is 0 Å². The predicted molar refractivity (Wildman–Crippen MR) is 101 cm³/mol. The first-order valence-electron chi connectivity index (χ1n) is 9.41. The highest BCUT2D eigenvalue weighted by Gasteiger charge is 2.97. The van der Waals surface area contributed by atoms with Crippen molar-refractivity contribution in [3.05, 3.63) is 60.2 Å². The maximum atomic E-state index is 10.2. The smallest absolute Gasteiger partial charge is 0.343 e. The zero-order valence-electron chi connectivity index (χ0n) is 15.8. The first kappa shape index (κ1) is 17.7. The highest BCUT2D eigenvalue weighted by atomic mass is 16.8. The Morgan fingerprint density at radius 3 is 2.52 bits per heavy atom. The molecule has 2 fully saturated rings. The summed E-state index contributed by atoms with van der Waals surface area (Å²) in [5.41, 5.74) is 4.51. The molecular formula is C22H19N4O3+. The molecule has 5 rings (SSSR count). The monoisotopic (exact) mass is 387 g/mol. The maximum absolute atomic E-state index is 10.2. The summed E-state index contributed by atoms with van der Waals surface area (Å²) in [6.45, 7) is 2.17. The molecule has 0 amide bonds. The summed E-state index contributed by atoms with van der Waals surface area (Å²) in [6.07, 6.45) is -0.219. The Bertz CT molecular complexity index is 1110. The molecule has 29 heavy (non-hydrogen) atoms. The van der Waals surface area contributed by atoms with Gasteiger partial charge in [0.05, 0.1) is 24.8 Å². The van der Waals surface area contributed by atoms with Crippen LogP contribution in [-0.4, -0.2) is 24.5 Å². The Labute approximate surface area is 167 Å². The van der Waals surface area contributed by atoms with E-state index >= 15 is 0 Å². The number of hydrogen-bond donors (Lipinski definition) is 2. The Hall–Kier alpha value is -3.39. The maximum Gasteiger partial charge on any atom is 0.343 e. The van der Waals surface area contributed by atoms with Crippen molar-refractivity contribution in [2.45, 2.75) is 24.9 Å². The minimum atomic E-state index is -1.43. The molecule has 1 spiro atoms. The number of nitrogens with two attached hydrogens (primary N) is 1. The molecule has 3 N–H and O–H groups in total. The molecule has 5 atom stereocenters. The molecule has 2 aromatic rings. The van der Waals surface area contributed by atoms with Crippen LogP contribution in [0.4, 0.5) is 0 Å². The number of rotatable bonds is 3. The van der Waals surface area contributed by atoms with E-state index in [9.17, 15) is 10.5 Å². The van der Waals surface area contributed by atoms with Gasteiger partial charge in [0.2, 0.25) is 0 Å². The number of para-hydroxylation sites is 1. The van der Waals surface area contributed by atoms with Crippen LogP contribution in [0.1, 0.15) is 18.4 Å². The second kappa shape index (κ2) is 5.81. The van der Waals surface area contributed by atoms with E-state index in [1.807, 2.05) is 61.5 Å². The largest absolute Gasteiger partial charge is 0.457 e. The molecule has 1 saturated heterocycles. The van der Waals surface area contributed by atoms with Crippen molar-refractivity contribution < 1.29 is 19.2 Å². The molecule has 0 bridgehead atoms. The van der Waals surface area contributed by atoms with Crippen molar-refractivity contribution in [1.29, 1.82) is 10.5 Å². The molecule has 2 aliphatic heterocycles. The first-order valence-corrected chi connectivity index (χ1v) is 9.41. The summed E-state index contributed by atoms with van der Waals surface area (Å²) in [5, 5.41) is 20.3. The van der Waals surface area contributed by atoms with Gasteiger partial charge in [-0.3, -0.25) is 5.73 Å². The second-order valence-electron chi connectivity index (χ2n) is 7.65. The average Bonchev–Trinajstić information content (AvgIpc) is 3.13. The highest BCUT2D eigenvalue weighted by molar-refractivity contribution is 5.95. The zero-order valence-corrected chi connectivity index (χ0v) is 15.8. The molecular weight excluding hydrogens is 368 g/mol. The Morgan fingerprint density at radius 2 is 1.86 bits per heavy atom. The lowest BCUT2D eigenvalue weighted by Gasteiger charge is -2.24. The summed E-state index contributed by atoms with van der Waals surface area (Å²) in [6, 6.07) is 21.4. The molecule has 2 aromatic carbocycles. The van der Waals surface area contributed by atoms with Crippen molar-refractivity contribution in [2.75, 3.05) is 6.61 Å². The highest BCUT2D eigenvalue weighted by Crippen LogP contribution is 2.79. The SMILES string of the molecule is C[C@H]1CO[C@@]2([NH+]=C(N)[C@@]3(C#N)[C@@H](c4cccc(Oc5ccccc5)c4)[C@@]23C#N)O1. The van der Waals surface area contributed by atoms with Crippen LogP contribution in [0.3, 0.4) is 0 Å². The van der Waals surface area contributed by atoms with Crippen LogP contribution >= 0.6 is 0 Å². The molecule has 0 radical (unpaired) electrons. The third-order valence-electron chi connectivity index (χ3n) is 6.06. The zero-order chi connectivity index (χ0) is 20.3. The van der Waals surface area contributed by atoms with Crippen LogP contribution in [0, 0.1) is 33.5 Å². The fraction of sp³-hybridized carbons (Fsp3) is 0.318. The number of nitrogens with one attached hydrogen (secondary N) is 1. The fourth-order valence-electron chi connectivity index (χ4n) is 4.85. The van der Waals surface area contributed by atoms with Gasteiger partial charge in [-0.1, -0.05) is 30.3 Å². The van der Waals surface area contributed by atoms with Gasteiger partial charge in [-0.2, -0.15) is 10.5 Å². The summed E-state index contributed by atoms with van der Waals surface area (Å²) in [7, 11) is 0. The third kappa shape index (κ3) is 2.04. The summed E-state index contributed by atoms with van der Waals surface area (Å²) < 4.78 is 17.8. The molecule has 7 heteroatoms. The molecule has 3 aliphatic rings. The van der Waals surface area contributed by atoms with E-state index in [0.29, 0.717) is 18.1 Å². The normalized spacial score (nSPS) is 36.7. The van der Waals surface area contributed by atoms with E-state index in [-0.39, 0.29) is 11.9 Å². The predicted octanol–water partition coefficient (Wildman–Crippen LogP) is 1.14. The van der Waals surface area contributed by atoms with Gasteiger partial charge in [0, 0.05) is 5.92 Å². The molecule has 7 nitrogen and oxygen atoms in total. The van der Waals surface area contributed by atoms with Gasteiger partial charge in [0.1, 0.15) is 11.5 Å².